The molecule has 0 aliphatic carbocycles. The van der Waals surface area contributed by atoms with Crippen LogP contribution in [0, 0.1) is 0 Å². The van der Waals surface area contributed by atoms with Gasteiger partial charge in [-0.25, -0.2) is 0 Å². The summed E-state index contributed by atoms with van der Waals surface area (Å²) in [5, 5.41) is 12.9. The average Bonchev–Trinajstić information content (AvgIpc) is 2.61. The molecule has 6 nitrogen and oxygen atoms in total. The van der Waals surface area contributed by atoms with Crippen LogP contribution in [0.4, 0.5) is 0 Å². The highest BCUT2D eigenvalue weighted by atomic mass is 16.5. The molecule has 0 saturated carbocycles. The van der Waals surface area contributed by atoms with Crippen molar-refractivity contribution in [2.45, 2.75) is 6.04 Å². The van der Waals surface area contributed by atoms with Gasteiger partial charge in [0.2, 0.25) is 0 Å². The van der Waals surface area contributed by atoms with E-state index in [9.17, 15) is 9.90 Å². The zero-order valence-electron chi connectivity index (χ0n) is 14.9. The molecule has 2 aromatic rings. The standard InChI is InChI=1S/C19H24N2O4/c1-21(2)17(13-6-5-7-14(10-13)24-3)12-20-19(23)16-9-8-15(25-4)11-18(16)22/h5-11,17,22H,12H2,1-4H3,(H,20,23). The van der Waals surface area contributed by atoms with Crippen LogP contribution >= 0.6 is 0 Å². The predicted octanol–water partition coefficient (Wildman–Crippen LogP) is 2.44. The third-order valence-corrected chi connectivity index (χ3v) is 4.01. The summed E-state index contributed by atoms with van der Waals surface area (Å²) < 4.78 is 10.3. The van der Waals surface area contributed by atoms with Gasteiger partial charge < -0.3 is 24.8 Å². The summed E-state index contributed by atoms with van der Waals surface area (Å²) in [7, 11) is 7.02. The summed E-state index contributed by atoms with van der Waals surface area (Å²) in [6.45, 7) is 0.393. The van der Waals surface area contributed by atoms with Crippen LogP contribution < -0.4 is 14.8 Å². The van der Waals surface area contributed by atoms with E-state index in [1.165, 1.54) is 13.2 Å². The number of carbonyl (C=O) groups excluding carboxylic acids is 1. The van der Waals surface area contributed by atoms with Crippen LogP contribution in [0.2, 0.25) is 0 Å². The lowest BCUT2D eigenvalue weighted by molar-refractivity contribution is 0.0939. The first-order chi connectivity index (χ1) is 12.0. The minimum atomic E-state index is -0.338. The third-order valence-electron chi connectivity index (χ3n) is 4.01. The van der Waals surface area contributed by atoms with Crippen molar-refractivity contribution in [3.8, 4) is 17.2 Å². The van der Waals surface area contributed by atoms with Crippen LogP contribution in [-0.4, -0.2) is 50.8 Å². The number of nitrogens with one attached hydrogen (secondary N) is 1. The first-order valence-corrected chi connectivity index (χ1v) is 7.91. The molecule has 1 unspecified atom stereocenters. The molecular formula is C19H24N2O4. The number of rotatable bonds is 7. The topological polar surface area (TPSA) is 71.0 Å². The van der Waals surface area contributed by atoms with Gasteiger partial charge in [0, 0.05) is 12.6 Å². The molecule has 0 radical (unpaired) electrons. The number of amides is 1. The second-order valence-electron chi connectivity index (χ2n) is 5.85. The molecule has 0 aliphatic heterocycles. The fourth-order valence-corrected chi connectivity index (χ4v) is 2.56. The quantitative estimate of drug-likeness (QED) is 0.807. The van der Waals surface area contributed by atoms with Gasteiger partial charge in [0.1, 0.15) is 17.2 Å². The largest absolute Gasteiger partial charge is 0.507 e. The van der Waals surface area contributed by atoms with Crippen molar-refractivity contribution in [3.05, 3.63) is 53.6 Å². The molecule has 0 heterocycles. The summed E-state index contributed by atoms with van der Waals surface area (Å²) >= 11 is 0. The molecule has 0 bridgehead atoms. The van der Waals surface area contributed by atoms with Crippen molar-refractivity contribution in [2.75, 3.05) is 34.9 Å². The van der Waals surface area contributed by atoms with Crippen LogP contribution in [0.1, 0.15) is 22.0 Å². The summed E-state index contributed by atoms with van der Waals surface area (Å²) in [5.74, 6) is 0.814. The number of phenolic OH excluding ortho intramolecular Hbond substituents is 1. The second-order valence-corrected chi connectivity index (χ2v) is 5.85. The molecular weight excluding hydrogens is 320 g/mol. The maximum absolute atomic E-state index is 12.4. The number of likely N-dealkylation sites (N-methyl/N-ethyl adjacent to an activating group) is 1. The molecule has 1 amide bonds. The van der Waals surface area contributed by atoms with E-state index in [1.807, 2.05) is 43.3 Å². The molecule has 2 rings (SSSR count). The Morgan fingerprint density at radius 2 is 1.80 bits per heavy atom. The molecule has 2 aromatic carbocycles. The number of carbonyl (C=O) groups is 1. The zero-order valence-corrected chi connectivity index (χ0v) is 14.9. The van der Waals surface area contributed by atoms with Crippen LogP contribution in [-0.2, 0) is 0 Å². The molecule has 0 saturated heterocycles. The van der Waals surface area contributed by atoms with E-state index in [0.717, 1.165) is 11.3 Å². The Labute approximate surface area is 148 Å². The van der Waals surface area contributed by atoms with Crippen LogP contribution in [0.25, 0.3) is 0 Å². The number of ether oxygens (including phenoxy) is 2. The molecule has 2 N–H and O–H groups in total. The van der Waals surface area contributed by atoms with Gasteiger partial charge in [-0.1, -0.05) is 12.1 Å². The van der Waals surface area contributed by atoms with Gasteiger partial charge in [0.15, 0.2) is 0 Å². The fraction of sp³-hybridized carbons (Fsp3) is 0.316. The van der Waals surface area contributed by atoms with E-state index in [-0.39, 0.29) is 23.3 Å². The Balaban J connectivity index is 2.11. The third kappa shape index (κ3) is 4.64. The molecule has 6 heteroatoms. The van der Waals surface area contributed by atoms with Crippen LogP contribution in [0.3, 0.4) is 0 Å². The van der Waals surface area contributed by atoms with Crippen molar-refractivity contribution in [1.29, 1.82) is 0 Å². The normalized spacial score (nSPS) is 11.9. The first kappa shape index (κ1) is 18.6. The molecule has 0 aliphatic rings. The molecule has 25 heavy (non-hydrogen) atoms. The van der Waals surface area contributed by atoms with E-state index < -0.39 is 0 Å². The minimum absolute atomic E-state index is 0.0283. The van der Waals surface area contributed by atoms with E-state index in [1.54, 1.807) is 19.2 Å². The lowest BCUT2D eigenvalue weighted by atomic mass is 10.1. The van der Waals surface area contributed by atoms with Crippen LogP contribution in [0.5, 0.6) is 17.2 Å². The van der Waals surface area contributed by atoms with Gasteiger partial charge in [-0.3, -0.25) is 4.79 Å². The van der Waals surface area contributed by atoms with Crippen molar-refractivity contribution in [1.82, 2.24) is 10.2 Å². The summed E-state index contributed by atoms with van der Waals surface area (Å²) in [6.07, 6.45) is 0. The first-order valence-electron chi connectivity index (χ1n) is 7.91. The fourth-order valence-electron chi connectivity index (χ4n) is 2.56. The number of aromatic hydroxyl groups is 1. The molecule has 0 aromatic heterocycles. The van der Waals surface area contributed by atoms with E-state index in [0.29, 0.717) is 12.3 Å². The Morgan fingerprint density at radius 3 is 2.40 bits per heavy atom. The number of methoxy groups -OCH3 is 2. The Morgan fingerprint density at radius 1 is 1.12 bits per heavy atom. The van der Waals surface area contributed by atoms with E-state index in [4.69, 9.17) is 9.47 Å². The Hall–Kier alpha value is -2.73. The number of hydrogen-bond acceptors (Lipinski definition) is 5. The van der Waals surface area contributed by atoms with Gasteiger partial charge in [0.05, 0.1) is 25.8 Å². The summed E-state index contributed by atoms with van der Waals surface area (Å²) in [6, 6.07) is 12.3. The van der Waals surface area contributed by atoms with E-state index >= 15 is 0 Å². The molecule has 1 atom stereocenters. The van der Waals surface area contributed by atoms with Crippen molar-refractivity contribution >= 4 is 5.91 Å². The zero-order chi connectivity index (χ0) is 18.4. The number of nitrogens with zero attached hydrogens (tertiary/aromatic N) is 1. The monoisotopic (exact) mass is 344 g/mol. The molecule has 0 spiro atoms. The highest BCUT2D eigenvalue weighted by Crippen LogP contribution is 2.24. The molecule has 134 valence electrons. The van der Waals surface area contributed by atoms with Crippen molar-refractivity contribution in [2.24, 2.45) is 0 Å². The van der Waals surface area contributed by atoms with Gasteiger partial charge in [-0.05, 0) is 43.9 Å². The minimum Gasteiger partial charge on any atom is -0.507 e. The predicted molar refractivity (Wildman–Crippen MR) is 96.4 cm³/mol. The van der Waals surface area contributed by atoms with Crippen molar-refractivity contribution < 1.29 is 19.4 Å². The summed E-state index contributed by atoms with van der Waals surface area (Å²) in [4.78, 5) is 14.4. The Kier molecular flexibility index (Phi) is 6.25. The number of phenols is 1. The number of benzene rings is 2. The maximum Gasteiger partial charge on any atom is 0.255 e. The van der Waals surface area contributed by atoms with Crippen LogP contribution in [0.15, 0.2) is 42.5 Å². The highest BCUT2D eigenvalue weighted by Gasteiger charge is 2.18. The lowest BCUT2D eigenvalue weighted by Gasteiger charge is -2.25. The van der Waals surface area contributed by atoms with Gasteiger partial charge >= 0.3 is 0 Å². The summed E-state index contributed by atoms with van der Waals surface area (Å²) in [5.41, 5.74) is 1.24. The number of hydrogen-bond donors (Lipinski definition) is 2. The van der Waals surface area contributed by atoms with Gasteiger partial charge in [0.25, 0.3) is 5.91 Å². The molecule has 0 fully saturated rings. The van der Waals surface area contributed by atoms with E-state index in [2.05, 4.69) is 5.32 Å². The smallest absolute Gasteiger partial charge is 0.255 e. The average molecular weight is 344 g/mol. The SMILES string of the molecule is COc1cccc(C(CNC(=O)c2ccc(OC)cc2O)N(C)C)c1. The second kappa shape index (κ2) is 8.39. The Bertz CT molecular complexity index is 731. The maximum atomic E-state index is 12.4. The van der Waals surface area contributed by atoms with Gasteiger partial charge in [-0.2, -0.15) is 0 Å². The lowest BCUT2D eigenvalue weighted by Crippen LogP contribution is -2.34. The highest BCUT2D eigenvalue weighted by molar-refractivity contribution is 5.97. The van der Waals surface area contributed by atoms with Crippen molar-refractivity contribution in [3.63, 3.8) is 0 Å². The van der Waals surface area contributed by atoms with Gasteiger partial charge in [-0.15, -0.1) is 0 Å².